The minimum Gasteiger partial charge on any atom is -0.479 e. The standard InChI is InChI=1S/C15H20N2O3/c1-15(14(19)20,12-7-3-2-4-8-12)17-13(18)11-6-5-9-16-10-11/h2-4,7-8,11,16H,5-6,9-10H2,1H3,(H,17,18)(H,19,20). The maximum atomic E-state index is 12.3. The van der Waals surface area contributed by atoms with Gasteiger partial charge in [-0.05, 0) is 31.9 Å². The van der Waals surface area contributed by atoms with E-state index in [0.29, 0.717) is 12.1 Å². The molecule has 5 heteroatoms. The van der Waals surface area contributed by atoms with Gasteiger partial charge in [0.1, 0.15) is 0 Å². The number of piperidine rings is 1. The van der Waals surface area contributed by atoms with Gasteiger partial charge in [-0.25, -0.2) is 4.79 Å². The van der Waals surface area contributed by atoms with Crippen LogP contribution in [0.3, 0.4) is 0 Å². The number of benzene rings is 1. The summed E-state index contributed by atoms with van der Waals surface area (Å²) in [6.07, 6.45) is 1.73. The van der Waals surface area contributed by atoms with E-state index in [1.54, 1.807) is 24.3 Å². The van der Waals surface area contributed by atoms with E-state index < -0.39 is 11.5 Å². The molecule has 2 atom stereocenters. The second-order valence-electron chi connectivity index (χ2n) is 5.33. The van der Waals surface area contributed by atoms with E-state index in [1.165, 1.54) is 6.92 Å². The van der Waals surface area contributed by atoms with E-state index in [0.717, 1.165) is 19.4 Å². The Kier molecular flexibility index (Phi) is 4.39. The van der Waals surface area contributed by atoms with E-state index in [-0.39, 0.29) is 11.8 Å². The molecule has 2 unspecified atom stereocenters. The molecule has 0 aromatic heterocycles. The molecule has 1 aliphatic rings. The largest absolute Gasteiger partial charge is 0.479 e. The Labute approximate surface area is 118 Å². The molecule has 20 heavy (non-hydrogen) atoms. The molecule has 5 nitrogen and oxygen atoms in total. The molecule has 0 radical (unpaired) electrons. The molecule has 1 heterocycles. The first kappa shape index (κ1) is 14.5. The second-order valence-corrected chi connectivity index (χ2v) is 5.33. The van der Waals surface area contributed by atoms with Gasteiger partial charge >= 0.3 is 5.97 Å². The van der Waals surface area contributed by atoms with Gasteiger partial charge in [0.2, 0.25) is 5.91 Å². The third-order valence-corrected chi connectivity index (χ3v) is 3.82. The molecule has 0 saturated carbocycles. The van der Waals surface area contributed by atoms with Crippen LogP contribution in [0.15, 0.2) is 30.3 Å². The van der Waals surface area contributed by atoms with Crippen LogP contribution in [0, 0.1) is 5.92 Å². The van der Waals surface area contributed by atoms with Gasteiger partial charge in [-0.1, -0.05) is 30.3 Å². The first-order valence-corrected chi connectivity index (χ1v) is 6.85. The summed E-state index contributed by atoms with van der Waals surface area (Å²) in [7, 11) is 0. The highest BCUT2D eigenvalue weighted by atomic mass is 16.4. The van der Waals surface area contributed by atoms with Gasteiger partial charge in [0, 0.05) is 6.54 Å². The quantitative estimate of drug-likeness (QED) is 0.769. The maximum absolute atomic E-state index is 12.3. The van der Waals surface area contributed by atoms with Crippen molar-refractivity contribution in [2.45, 2.75) is 25.3 Å². The summed E-state index contributed by atoms with van der Waals surface area (Å²) in [6.45, 7) is 3.05. The lowest BCUT2D eigenvalue weighted by Crippen LogP contribution is -2.53. The fourth-order valence-electron chi connectivity index (χ4n) is 2.44. The molecule has 0 aliphatic carbocycles. The van der Waals surface area contributed by atoms with E-state index in [2.05, 4.69) is 10.6 Å². The number of hydrogen-bond donors (Lipinski definition) is 3. The first-order chi connectivity index (χ1) is 9.54. The monoisotopic (exact) mass is 276 g/mol. The molecule has 108 valence electrons. The van der Waals surface area contributed by atoms with Crippen LogP contribution in [-0.2, 0) is 15.1 Å². The van der Waals surface area contributed by atoms with Crippen molar-refractivity contribution in [1.29, 1.82) is 0 Å². The van der Waals surface area contributed by atoms with Crippen LogP contribution in [0.25, 0.3) is 0 Å². The second kappa shape index (κ2) is 6.05. The molecular weight excluding hydrogens is 256 g/mol. The van der Waals surface area contributed by atoms with Crippen LogP contribution in [0.1, 0.15) is 25.3 Å². The normalized spacial score (nSPS) is 21.8. The summed E-state index contributed by atoms with van der Waals surface area (Å²) in [5.41, 5.74) is -0.819. The molecule has 2 rings (SSSR count). The molecule has 0 spiro atoms. The van der Waals surface area contributed by atoms with Crippen LogP contribution < -0.4 is 10.6 Å². The van der Waals surface area contributed by atoms with Crippen molar-refractivity contribution < 1.29 is 14.7 Å². The van der Waals surface area contributed by atoms with Gasteiger partial charge in [0.25, 0.3) is 0 Å². The van der Waals surface area contributed by atoms with E-state index in [1.807, 2.05) is 6.07 Å². The van der Waals surface area contributed by atoms with Crippen molar-refractivity contribution >= 4 is 11.9 Å². The average molecular weight is 276 g/mol. The van der Waals surface area contributed by atoms with Crippen molar-refractivity contribution in [3.63, 3.8) is 0 Å². The number of carboxylic acids is 1. The van der Waals surface area contributed by atoms with Gasteiger partial charge in [0.15, 0.2) is 5.54 Å². The minimum absolute atomic E-state index is 0.161. The summed E-state index contributed by atoms with van der Waals surface area (Å²) < 4.78 is 0. The van der Waals surface area contributed by atoms with Crippen LogP contribution in [-0.4, -0.2) is 30.1 Å². The Morgan fingerprint density at radius 2 is 2.05 bits per heavy atom. The Hall–Kier alpha value is -1.88. The lowest BCUT2D eigenvalue weighted by molar-refractivity contribution is -0.148. The van der Waals surface area contributed by atoms with Gasteiger partial charge in [0.05, 0.1) is 5.92 Å². The molecule has 1 aromatic rings. The maximum Gasteiger partial charge on any atom is 0.333 e. The lowest BCUT2D eigenvalue weighted by atomic mass is 9.90. The Balaban J connectivity index is 2.17. The molecular formula is C15H20N2O3. The van der Waals surface area contributed by atoms with Crippen molar-refractivity contribution in [3.8, 4) is 0 Å². The van der Waals surface area contributed by atoms with E-state index >= 15 is 0 Å². The predicted octanol–water partition coefficient (Wildman–Crippen LogP) is 1.10. The Morgan fingerprint density at radius 1 is 1.35 bits per heavy atom. The third kappa shape index (κ3) is 2.99. The van der Waals surface area contributed by atoms with Crippen molar-refractivity contribution in [1.82, 2.24) is 10.6 Å². The summed E-state index contributed by atoms with van der Waals surface area (Å²) in [5, 5.41) is 15.4. The summed E-state index contributed by atoms with van der Waals surface area (Å²) >= 11 is 0. The zero-order valence-electron chi connectivity index (χ0n) is 11.6. The number of hydrogen-bond acceptors (Lipinski definition) is 3. The fourth-order valence-corrected chi connectivity index (χ4v) is 2.44. The minimum atomic E-state index is -1.39. The first-order valence-electron chi connectivity index (χ1n) is 6.85. The zero-order valence-corrected chi connectivity index (χ0v) is 11.6. The van der Waals surface area contributed by atoms with Gasteiger partial charge in [-0.3, -0.25) is 4.79 Å². The van der Waals surface area contributed by atoms with Gasteiger partial charge in [-0.2, -0.15) is 0 Å². The van der Waals surface area contributed by atoms with Crippen LogP contribution in [0.5, 0.6) is 0 Å². The number of aliphatic carboxylic acids is 1. The molecule has 1 aliphatic heterocycles. The third-order valence-electron chi connectivity index (χ3n) is 3.82. The number of carbonyl (C=O) groups is 2. The summed E-state index contributed by atoms with van der Waals surface area (Å²) in [6, 6.07) is 8.79. The molecule has 0 bridgehead atoms. The van der Waals surface area contributed by atoms with E-state index in [4.69, 9.17) is 0 Å². The van der Waals surface area contributed by atoms with Crippen LogP contribution >= 0.6 is 0 Å². The highest BCUT2D eigenvalue weighted by molar-refractivity contribution is 5.88. The highest BCUT2D eigenvalue weighted by Crippen LogP contribution is 2.22. The zero-order chi connectivity index (χ0) is 14.6. The summed E-state index contributed by atoms with van der Waals surface area (Å²) in [5.74, 6) is -1.42. The van der Waals surface area contributed by atoms with Crippen molar-refractivity contribution in [3.05, 3.63) is 35.9 Å². The molecule has 1 saturated heterocycles. The molecule has 1 aromatic carbocycles. The van der Waals surface area contributed by atoms with Crippen LogP contribution in [0.4, 0.5) is 0 Å². The summed E-state index contributed by atoms with van der Waals surface area (Å²) in [4.78, 5) is 23.9. The van der Waals surface area contributed by atoms with E-state index in [9.17, 15) is 14.7 Å². The highest BCUT2D eigenvalue weighted by Gasteiger charge is 2.38. The number of amides is 1. The SMILES string of the molecule is CC(NC(=O)C1CCCNC1)(C(=O)O)c1ccccc1. The predicted molar refractivity (Wildman–Crippen MR) is 75.2 cm³/mol. The lowest BCUT2D eigenvalue weighted by Gasteiger charge is -2.30. The average Bonchev–Trinajstić information content (AvgIpc) is 2.48. The van der Waals surface area contributed by atoms with Crippen molar-refractivity contribution in [2.75, 3.05) is 13.1 Å². The molecule has 3 N–H and O–H groups in total. The number of nitrogens with one attached hydrogen (secondary N) is 2. The topological polar surface area (TPSA) is 78.4 Å². The fraction of sp³-hybridized carbons (Fsp3) is 0.467. The van der Waals surface area contributed by atoms with Crippen molar-refractivity contribution in [2.24, 2.45) is 5.92 Å². The van der Waals surface area contributed by atoms with Gasteiger partial charge < -0.3 is 15.7 Å². The Bertz CT molecular complexity index is 483. The molecule has 1 fully saturated rings. The number of carbonyl (C=O) groups excluding carboxylic acids is 1. The number of rotatable bonds is 4. The van der Waals surface area contributed by atoms with Gasteiger partial charge in [-0.15, -0.1) is 0 Å². The Morgan fingerprint density at radius 3 is 2.60 bits per heavy atom. The smallest absolute Gasteiger partial charge is 0.333 e. The molecule has 1 amide bonds. The van der Waals surface area contributed by atoms with Crippen LogP contribution in [0.2, 0.25) is 0 Å². The number of carboxylic acid groups (broad SMARTS) is 1.